The van der Waals surface area contributed by atoms with Crippen LogP contribution in [0.1, 0.15) is 24.5 Å². The molecule has 0 bridgehead atoms. The molecule has 2 aromatic carbocycles. The zero-order valence-corrected chi connectivity index (χ0v) is 17.6. The molecule has 1 fully saturated rings. The summed E-state index contributed by atoms with van der Waals surface area (Å²) < 4.78 is 11.2. The second-order valence-corrected chi connectivity index (χ2v) is 8.01. The van der Waals surface area contributed by atoms with Gasteiger partial charge in [-0.25, -0.2) is 0 Å². The van der Waals surface area contributed by atoms with E-state index in [2.05, 4.69) is 0 Å². The zero-order valence-electron chi connectivity index (χ0n) is 16.0. The Morgan fingerprint density at radius 2 is 1.86 bits per heavy atom. The average molecular weight is 428 g/mol. The summed E-state index contributed by atoms with van der Waals surface area (Å²) in [6.07, 6.45) is 2.49. The van der Waals surface area contributed by atoms with E-state index >= 15 is 0 Å². The van der Waals surface area contributed by atoms with Gasteiger partial charge < -0.3 is 9.47 Å². The van der Waals surface area contributed by atoms with Crippen LogP contribution < -0.4 is 4.74 Å². The maximum Gasteiger partial charge on any atom is 0.326 e. The van der Waals surface area contributed by atoms with Crippen LogP contribution in [0.25, 0.3) is 6.08 Å². The lowest BCUT2D eigenvalue weighted by Crippen LogP contribution is -2.34. The first-order chi connectivity index (χ1) is 14.1. The smallest absolute Gasteiger partial charge is 0.326 e. The van der Waals surface area contributed by atoms with E-state index in [-0.39, 0.29) is 12.5 Å². The van der Waals surface area contributed by atoms with Crippen molar-refractivity contribution in [2.24, 2.45) is 0 Å². The third-order valence-electron chi connectivity index (χ3n) is 4.05. The number of rotatable bonds is 8. The number of amides is 1. The van der Waals surface area contributed by atoms with Gasteiger partial charge in [-0.05, 0) is 35.8 Å². The van der Waals surface area contributed by atoms with E-state index in [1.54, 1.807) is 6.08 Å². The van der Waals surface area contributed by atoms with Gasteiger partial charge in [0, 0.05) is 0 Å². The van der Waals surface area contributed by atoms with Crippen molar-refractivity contribution in [2.45, 2.75) is 20.0 Å². The van der Waals surface area contributed by atoms with Crippen molar-refractivity contribution in [3.8, 4) is 5.75 Å². The molecule has 0 N–H and O–H groups in total. The molecular weight excluding hydrogens is 406 g/mol. The van der Waals surface area contributed by atoms with E-state index in [0.29, 0.717) is 22.4 Å². The molecule has 0 unspecified atom stereocenters. The minimum atomic E-state index is -0.454. The standard InChI is InChI=1S/C22H21NO4S2/c1-2-12-26-20(24)14-23-21(25)19(29-22(23)28)13-16-8-10-18(11-9-16)27-15-17-6-4-3-5-7-17/h3-11,13H,2,12,14-15H2,1H3. The fourth-order valence-corrected chi connectivity index (χ4v) is 3.83. The first kappa shape index (κ1) is 21.1. The van der Waals surface area contributed by atoms with Gasteiger partial charge in [0.1, 0.15) is 23.2 Å². The lowest BCUT2D eigenvalue weighted by Gasteiger charge is -2.13. The number of nitrogens with zero attached hydrogens (tertiary/aromatic N) is 1. The van der Waals surface area contributed by atoms with E-state index < -0.39 is 5.97 Å². The normalized spacial score (nSPS) is 15.1. The molecule has 1 aliphatic heterocycles. The van der Waals surface area contributed by atoms with E-state index in [1.165, 1.54) is 16.7 Å². The third-order valence-corrected chi connectivity index (χ3v) is 5.43. The molecule has 1 heterocycles. The fourth-order valence-electron chi connectivity index (χ4n) is 2.58. The lowest BCUT2D eigenvalue weighted by atomic mass is 10.2. The summed E-state index contributed by atoms with van der Waals surface area (Å²) in [5.74, 6) is 0.0133. The molecule has 0 aliphatic carbocycles. The number of esters is 1. The van der Waals surface area contributed by atoms with Crippen molar-refractivity contribution in [1.29, 1.82) is 0 Å². The van der Waals surface area contributed by atoms with Crippen LogP contribution in [0.5, 0.6) is 5.75 Å². The molecule has 2 aromatic rings. The van der Waals surface area contributed by atoms with Gasteiger partial charge >= 0.3 is 5.97 Å². The summed E-state index contributed by atoms with van der Waals surface area (Å²) in [6.45, 7) is 2.58. The van der Waals surface area contributed by atoms with E-state index in [4.69, 9.17) is 21.7 Å². The van der Waals surface area contributed by atoms with Crippen molar-refractivity contribution < 1.29 is 19.1 Å². The first-order valence-corrected chi connectivity index (χ1v) is 10.5. The highest BCUT2D eigenvalue weighted by Crippen LogP contribution is 2.32. The van der Waals surface area contributed by atoms with Crippen LogP contribution in [0.2, 0.25) is 0 Å². The van der Waals surface area contributed by atoms with Crippen LogP contribution in [0.3, 0.4) is 0 Å². The maximum absolute atomic E-state index is 12.6. The van der Waals surface area contributed by atoms with Gasteiger partial charge in [0.15, 0.2) is 0 Å². The van der Waals surface area contributed by atoms with Crippen LogP contribution in [0.15, 0.2) is 59.5 Å². The molecule has 29 heavy (non-hydrogen) atoms. The minimum Gasteiger partial charge on any atom is -0.489 e. The number of hydrogen-bond donors (Lipinski definition) is 0. The summed E-state index contributed by atoms with van der Waals surface area (Å²) in [5.41, 5.74) is 1.95. The largest absolute Gasteiger partial charge is 0.489 e. The van der Waals surface area contributed by atoms with E-state index in [1.807, 2.05) is 61.5 Å². The first-order valence-electron chi connectivity index (χ1n) is 9.24. The van der Waals surface area contributed by atoms with Gasteiger partial charge in [-0.3, -0.25) is 14.5 Å². The SMILES string of the molecule is CCCOC(=O)CN1C(=O)C(=Cc2ccc(OCc3ccccc3)cc2)SC1=S. The number of ether oxygens (including phenoxy) is 2. The number of thiocarbonyl (C=S) groups is 1. The molecule has 1 aliphatic rings. The monoisotopic (exact) mass is 427 g/mol. The van der Waals surface area contributed by atoms with Gasteiger partial charge in [0.2, 0.25) is 0 Å². The van der Waals surface area contributed by atoms with E-state index in [0.717, 1.165) is 23.3 Å². The van der Waals surface area contributed by atoms with Gasteiger partial charge in [-0.2, -0.15) is 0 Å². The van der Waals surface area contributed by atoms with Crippen molar-refractivity contribution in [3.05, 3.63) is 70.6 Å². The summed E-state index contributed by atoms with van der Waals surface area (Å²) in [5, 5.41) is 0. The van der Waals surface area contributed by atoms with Gasteiger partial charge in [0.25, 0.3) is 5.91 Å². The average Bonchev–Trinajstić information content (AvgIpc) is 3.00. The third kappa shape index (κ3) is 5.92. The number of carbonyl (C=O) groups is 2. The predicted molar refractivity (Wildman–Crippen MR) is 118 cm³/mol. The topological polar surface area (TPSA) is 55.8 Å². The van der Waals surface area contributed by atoms with Crippen LogP contribution in [0, 0.1) is 0 Å². The molecule has 150 valence electrons. The Hall–Kier alpha value is -2.64. The summed E-state index contributed by atoms with van der Waals surface area (Å²) in [4.78, 5) is 26.1. The molecule has 0 saturated carbocycles. The Labute approximate surface area is 179 Å². The Morgan fingerprint density at radius 1 is 1.14 bits per heavy atom. The van der Waals surface area contributed by atoms with Crippen molar-refractivity contribution in [2.75, 3.05) is 13.2 Å². The molecule has 1 saturated heterocycles. The highest BCUT2D eigenvalue weighted by molar-refractivity contribution is 8.26. The van der Waals surface area contributed by atoms with Crippen LogP contribution in [-0.4, -0.2) is 34.2 Å². The van der Waals surface area contributed by atoms with Crippen molar-refractivity contribution in [3.63, 3.8) is 0 Å². The Morgan fingerprint density at radius 3 is 2.55 bits per heavy atom. The van der Waals surface area contributed by atoms with Gasteiger partial charge in [-0.1, -0.05) is 73.4 Å². The molecule has 5 nitrogen and oxygen atoms in total. The Bertz CT molecular complexity index is 910. The quantitative estimate of drug-likeness (QED) is 0.353. The number of thioether (sulfide) groups is 1. The zero-order chi connectivity index (χ0) is 20.6. The molecular formula is C22H21NO4S2. The highest BCUT2D eigenvalue weighted by Gasteiger charge is 2.33. The van der Waals surface area contributed by atoms with Crippen LogP contribution in [-0.2, 0) is 20.9 Å². The second kappa shape index (κ2) is 10.2. The number of hydrogen-bond acceptors (Lipinski definition) is 6. The molecule has 1 amide bonds. The van der Waals surface area contributed by atoms with Crippen molar-refractivity contribution >= 4 is 46.3 Å². The molecule has 3 rings (SSSR count). The summed E-state index contributed by atoms with van der Waals surface area (Å²) in [6, 6.07) is 17.4. The van der Waals surface area contributed by atoms with Crippen molar-refractivity contribution in [1.82, 2.24) is 4.90 Å². The molecule has 7 heteroatoms. The highest BCUT2D eigenvalue weighted by atomic mass is 32.2. The summed E-state index contributed by atoms with van der Waals surface area (Å²) >= 11 is 6.43. The Kier molecular flexibility index (Phi) is 7.43. The second-order valence-electron chi connectivity index (χ2n) is 6.33. The molecule has 0 aromatic heterocycles. The molecule has 0 atom stereocenters. The van der Waals surface area contributed by atoms with Gasteiger partial charge in [-0.15, -0.1) is 0 Å². The number of benzene rings is 2. The van der Waals surface area contributed by atoms with Gasteiger partial charge in [0.05, 0.1) is 11.5 Å². The maximum atomic E-state index is 12.6. The molecule has 0 radical (unpaired) electrons. The predicted octanol–water partition coefficient (Wildman–Crippen LogP) is 4.42. The minimum absolute atomic E-state index is 0.158. The Balaban J connectivity index is 1.60. The summed E-state index contributed by atoms with van der Waals surface area (Å²) in [7, 11) is 0. The molecule has 0 spiro atoms. The fraction of sp³-hybridized carbons (Fsp3) is 0.227. The van der Waals surface area contributed by atoms with Crippen LogP contribution >= 0.6 is 24.0 Å². The van der Waals surface area contributed by atoms with Crippen LogP contribution in [0.4, 0.5) is 0 Å². The van der Waals surface area contributed by atoms with E-state index in [9.17, 15) is 9.59 Å². The lowest BCUT2D eigenvalue weighted by molar-refractivity contribution is -0.146. The number of carbonyl (C=O) groups excluding carboxylic acids is 2.